The van der Waals surface area contributed by atoms with Crippen molar-refractivity contribution in [2.45, 2.75) is 26.0 Å². The van der Waals surface area contributed by atoms with Gasteiger partial charge in [0.05, 0.1) is 9.89 Å². The molecule has 1 aromatic heterocycles. The minimum absolute atomic E-state index is 0.395. The Balaban J connectivity index is 2.21. The van der Waals surface area contributed by atoms with Gasteiger partial charge in [0.2, 0.25) is 0 Å². The second-order valence-electron chi connectivity index (χ2n) is 4.60. The Morgan fingerprint density at radius 3 is 2.74 bits per heavy atom. The van der Waals surface area contributed by atoms with Gasteiger partial charge in [0, 0.05) is 24.8 Å². The number of hydrogen-bond acceptors (Lipinski definition) is 3. The van der Waals surface area contributed by atoms with Crippen LogP contribution < -0.4 is 4.90 Å². The lowest BCUT2D eigenvalue weighted by molar-refractivity contribution is 0.174. The average Bonchev–Trinajstić information content (AvgIpc) is 2.83. The maximum atomic E-state index is 10.1. The van der Waals surface area contributed by atoms with Crippen molar-refractivity contribution in [2.75, 3.05) is 11.9 Å². The quantitative estimate of drug-likeness (QED) is 0.860. The zero-order valence-corrected chi connectivity index (χ0v) is 13.5. The molecule has 0 radical (unpaired) electrons. The molecule has 0 bridgehead atoms. The number of para-hydroxylation sites is 1. The summed E-state index contributed by atoms with van der Waals surface area (Å²) in [5.74, 6) is 0. The molecule has 4 heteroatoms. The van der Waals surface area contributed by atoms with Gasteiger partial charge < -0.3 is 10.0 Å². The summed E-state index contributed by atoms with van der Waals surface area (Å²) in [7, 11) is 2.06. The number of benzene rings is 1. The summed E-state index contributed by atoms with van der Waals surface area (Å²) in [6, 6.07) is 10.2. The first-order chi connectivity index (χ1) is 9.11. The first-order valence-electron chi connectivity index (χ1n) is 6.33. The summed E-state index contributed by atoms with van der Waals surface area (Å²) in [6.07, 6.45) is 0.336. The Kier molecular flexibility index (Phi) is 5.02. The molecule has 1 heterocycles. The van der Waals surface area contributed by atoms with Crippen LogP contribution in [0.5, 0.6) is 0 Å². The molecule has 19 heavy (non-hydrogen) atoms. The molecule has 2 rings (SSSR count). The van der Waals surface area contributed by atoms with Crippen LogP contribution in [0.4, 0.5) is 5.69 Å². The van der Waals surface area contributed by atoms with Gasteiger partial charge in [-0.15, -0.1) is 11.3 Å². The third-order valence-corrected chi connectivity index (χ3v) is 4.69. The van der Waals surface area contributed by atoms with Crippen molar-refractivity contribution in [3.05, 3.63) is 50.6 Å². The lowest BCUT2D eigenvalue weighted by Crippen LogP contribution is -2.18. The molecule has 0 saturated heterocycles. The third-order valence-electron chi connectivity index (χ3n) is 3.14. The number of anilines is 1. The van der Waals surface area contributed by atoms with Crippen LogP contribution in [-0.4, -0.2) is 12.2 Å². The van der Waals surface area contributed by atoms with Crippen LogP contribution in [0.15, 0.2) is 39.5 Å². The van der Waals surface area contributed by atoms with Crippen LogP contribution in [0.25, 0.3) is 0 Å². The number of aliphatic hydroxyl groups is 1. The van der Waals surface area contributed by atoms with E-state index >= 15 is 0 Å². The highest BCUT2D eigenvalue weighted by atomic mass is 79.9. The van der Waals surface area contributed by atoms with Gasteiger partial charge in [0.15, 0.2) is 0 Å². The van der Waals surface area contributed by atoms with Gasteiger partial charge in [-0.05, 0) is 45.4 Å². The summed E-state index contributed by atoms with van der Waals surface area (Å²) in [5.41, 5.74) is 3.38. The Morgan fingerprint density at radius 2 is 2.11 bits per heavy atom. The van der Waals surface area contributed by atoms with Crippen LogP contribution in [-0.2, 0) is 6.54 Å². The largest absolute Gasteiger partial charge is 0.388 e. The molecular weight excluding hydrogens is 322 g/mol. The van der Waals surface area contributed by atoms with E-state index in [1.165, 1.54) is 5.56 Å². The van der Waals surface area contributed by atoms with Crippen molar-refractivity contribution in [2.24, 2.45) is 0 Å². The number of hydrogen-bond donors (Lipinski definition) is 1. The predicted molar refractivity (Wildman–Crippen MR) is 85.8 cm³/mol. The monoisotopic (exact) mass is 339 g/mol. The minimum Gasteiger partial charge on any atom is -0.388 e. The second-order valence-corrected chi connectivity index (χ2v) is 6.89. The zero-order valence-electron chi connectivity index (χ0n) is 11.1. The number of halogens is 1. The van der Waals surface area contributed by atoms with Crippen LogP contribution in [0.1, 0.15) is 30.6 Å². The molecule has 0 fully saturated rings. The first kappa shape index (κ1) is 14.6. The minimum atomic E-state index is -0.395. The predicted octanol–water partition coefficient (Wildman–Crippen LogP) is 4.59. The first-order valence-corrected chi connectivity index (χ1v) is 8.00. The van der Waals surface area contributed by atoms with Crippen LogP contribution in [0, 0.1) is 0 Å². The van der Waals surface area contributed by atoms with Gasteiger partial charge in [-0.1, -0.05) is 25.1 Å². The smallest absolute Gasteiger partial charge is 0.0807 e. The fourth-order valence-electron chi connectivity index (χ4n) is 2.12. The maximum absolute atomic E-state index is 10.1. The molecule has 1 atom stereocenters. The zero-order chi connectivity index (χ0) is 13.8. The number of rotatable bonds is 5. The lowest BCUT2D eigenvalue weighted by Gasteiger charge is -2.24. The summed E-state index contributed by atoms with van der Waals surface area (Å²) in [5, 5.41) is 12.2. The van der Waals surface area contributed by atoms with E-state index in [9.17, 15) is 5.11 Å². The molecule has 2 aromatic rings. The van der Waals surface area contributed by atoms with E-state index < -0.39 is 6.10 Å². The van der Waals surface area contributed by atoms with Crippen molar-refractivity contribution in [1.82, 2.24) is 0 Å². The SMILES string of the molecule is CC[C@H](O)c1ccccc1N(C)Cc1csc(Br)c1. The fourth-order valence-corrected chi connectivity index (χ4v) is 3.32. The van der Waals surface area contributed by atoms with E-state index in [2.05, 4.69) is 45.4 Å². The van der Waals surface area contributed by atoms with E-state index in [1.54, 1.807) is 11.3 Å². The van der Waals surface area contributed by atoms with Gasteiger partial charge in [-0.2, -0.15) is 0 Å². The van der Waals surface area contributed by atoms with Crippen molar-refractivity contribution in [3.63, 3.8) is 0 Å². The molecule has 0 aliphatic rings. The van der Waals surface area contributed by atoms with E-state index in [-0.39, 0.29) is 0 Å². The number of aliphatic hydroxyl groups excluding tert-OH is 1. The third kappa shape index (κ3) is 3.59. The molecule has 0 amide bonds. The Hall–Kier alpha value is -0.840. The van der Waals surface area contributed by atoms with Gasteiger partial charge >= 0.3 is 0 Å². The average molecular weight is 340 g/mol. The summed E-state index contributed by atoms with van der Waals surface area (Å²) >= 11 is 5.18. The summed E-state index contributed by atoms with van der Waals surface area (Å²) in [4.78, 5) is 2.18. The molecule has 0 unspecified atom stereocenters. The molecule has 0 saturated carbocycles. The Labute approximate surface area is 126 Å². The van der Waals surface area contributed by atoms with Gasteiger partial charge in [0.1, 0.15) is 0 Å². The second kappa shape index (κ2) is 6.55. The van der Waals surface area contributed by atoms with E-state index in [0.29, 0.717) is 0 Å². The van der Waals surface area contributed by atoms with Crippen molar-refractivity contribution >= 4 is 33.0 Å². The van der Waals surface area contributed by atoms with Crippen LogP contribution in [0.3, 0.4) is 0 Å². The lowest BCUT2D eigenvalue weighted by atomic mass is 10.0. The molecule has 0 aliphatic carbocycles. The topological polar surface area (TPSA) is 23.5 Å². The molecule has 0 spiro atoms. The molecule has 1 aromatic carbocycles. The Morgan fingerprint density at radius 1 is 1.37 bits per heavy atom. The number of thiophene rings is 1. The highest BCUT2D eigenvalue weighted by Gasteiger charge is 2.13. The molecule has 0 aliphatic heterocycles. The van der Waals surface area contributed by atoms with Gasteiger partial charge in [0.25, 0.3) is 0 Å². The molecule has 2 nitrogen and oxygen atoms in total. The molecular formula is C15H18BrNOS. The standard InChI is InChI=1S/C15H18BrNOS/c1-3-14(18)12-6-4-5-7-13(12)17(2)9-11-8-15(16)19-10-11/h4-8,10,14,18H,3,9H2,1-2H3/t14-/m0/s1. The summed E-state index contributed by atoms with van der Waals surface area (Å²) < 4.78 is 1.15. The van der Waals surface area contributed by atoms with Crippen molar-refractivity contribution < 1.29 is 5.11 Å². The van der Waals surface area contributed by atoms with E-state index in [4.69, 9.17) is 0 Å². The van der Waals surface area contributed by atoms with Crippen LogP contribution in [0.2, 0.25) is 0 Å². The Bertz CT molecular complexity index is 540. The van der Waals surface area contributed by atoms with Crippen molar-refractivity contribution in [3.8, 4) is 0 Å². The highest BCUT2D eigenvalue weighted by molar-refractivity contribution is 9.11. The van der Waals surface area contributed by atoms with E-state index in [1.807, 2.05) is 25.1 Å². The van der Waals surface area contributed by atoms with E-state index in [0.717, 1.165) is 28.0 Å². The van der Waals surface area contributed by atoms with Crippen molar-refractivity contribution in [1.29, 1.82) is 0 Å². The normalized spacial score (nSPS) is 12.4. The van der Waals surface area contributed by atoms with Gasteiger partial charge in [-0.25, -0.2) is 0 Å². The highest BCUT2D eigenvalue weighted by Crippen LogP contribution is 2.29. The summed E-state index contributed by atoms with van der Waals surface area (Å²) in [6.45, 7) is 2.84. The number of nitrogens with zero attached hydrogens (tertiary/aromatic N) is 1. The maximum Gasteiger partial charge on any atom is 0.0807 e. The fraction of sp³-hybridized carbons (Fsp3) is 0.333. The molecule has 1 N–H and O–H groups in total. The van der Waals surface area contributed by atoms with Crippen LogP contribution >= 0.6 is 27.3 Å². The molecule has 102 valence electrons. The van der Waals surface area contributed by atoms with Gasteiger partial charge in [-0.3, -0.25) is 0 Å².